The first-order valence-corrected chi connectivity index (χ1v) is 14.3. The lowest BCUT2D eigenvalue weighted by Gasteiger charge is -2.32. The van der Waals surface area contributed by atoms with Crippen LogP contribution in [0.5, 0.6) is 0 Å². The van der Waals surface area contributed by atoms with Crippen LogP contribution in [0.15, 0.2) is 83.3 Å². The molecule has 3 aromatic rings. The molecule has 0 radical (unpaired) electrons. The molecule has 1 N–H and O–H groups in total. The summed E-state index contributed by atoms with van der Waals surface area (Å²) in [6, 6.07) is 25.6. The second-order valence-electron chi connectivity index (χ2n) is 9.47. The van der Waals surface area contributed by atoms with Crippen LogP contribution >= 0.6 is 27.7 Å². The van der Waals surface area contributed by atoms with Gasteiger partial charge in [0.15, 0.2) is 0 Å². The Morgan fingerprint density at radius 1 is 0.889 bits per heavy atom. The number of hydrogen-bond acceptors (Lipinski definition) is 3. The standard InChI is InChI=1S/C30H35BrN2O2S/c1-22(2)18-32-30(35)28(17-24-7-5-4-6-8-24)33(19-25-13-15-27(31)16-14-25)29(34)21-36-20-26-11-9-23(3)10-12-26/h4-16,22,28H,17-21H2,1-3H3,(H,32,35). The number of rotatable bonds is 12. The third kappa shape index (κ3) is 9.14. The van der Waals surface area contributed by atoms with Crippen molar-refractivity contribution in [1.82, 2.24) is 10.2 Å². The molecule has 0 aliphatic carbocycles. The molecule has 6 heteroatoms. The lowest BCUT2D eigenvalue weighted by Crippen LogP contribution is -2.51. The fraction of sp³-hybridized carbons (Fsp3) is 0.333. The average Bonchev–Trinajstić information content (AvgIpc) is 2.87. The minimum absolute atomic E-state index is 0.0318. The molecule has 0 bridgehead atoms. The highest BCUT2D eigenvalue weighted by Crippen LogP contribution is 2.20. The van der Waals surface area contributed by atoms with E-state index in [1.165, 1.54) is 11.1 Å². The predicted octanol–water partition coefficient (Wildman–Crippen LogP) is 6.40. The first-order chi connectivity index (χ1) is 17.3. The van der Waals surface area contributed by atoms with Gasteiger partial charge >= 0.3 is 0 Å². The molecule has 1 atom stereocenters. The van der Waals surface area contributed by atoms with Crippen LogP contribution in [0.2, 0.25) is 0 Å². The van der Waals surface area contributed by atoms with Gasteiger partial charge in [-0.05, 0) is 41.7 Å². The van der Waals surface area contributed by atoms with Gasteiger partial charge in [0.1, 0.15) is 6.04 Å². The Bertz CT molecular complexity index is 1100. The maximum absolute atomic E-state index is 13.6. The van der Waals surface area contributed by atoms with Crippen molar-refractivity contribution in [3.8, 4) is 0 Å². The van der Waals surface area contributed by atoms with Gasteiger partial charge in [0, 0.05) is 29.7 Å². The van der Waals surface area contributed by atoms with Gasteiger partial charge in [-0.1, -0.05) is 102 Å². The van der Waals surface area contributed by atoms with Crippen molar-refractivity contribution in [3.63, 3.8) is 0 Å². The summed E-state index contributed by atoms with van der Waals surface area (Å²) in [5.41, 5.74) is 4.43. The molecule has 2 amide bonds. The number of amides is 2. The second-order valence-corrected chi connectivity index (χ2v) is 11.4. The molecule has 0 aliphatic heterocycles. The van der Waals surface area contributed by atoms with Crippen LogP contribution in [0.1, 0.15) is 36.1 Å². The van der Waals surface area contributed by atoms with Gasteiger partial charge in [-0.25, -0.2) is 0 Å². The summed E-state index contributed by atoms with van der Waals surface area (Å²) in [7, 11) is 0. The van der Waals surface area contributed by atoms with E-state index < -0.39 is 6.04 Å². The Labute approximate surface area is 228 Å². The molecule has 4 nitrogen and oxygen atoms in total. The third-order valence-electron chi connectivity index (χ3n) is 5.84. The number of carbonyl (C=O) groups is 2. The van der Waals surface area contributed by atoms with Crippen molar-refractivity contribution in [3.05, 3.63) is 106 Å². The van der Waals surface area contributed by atoms with Crippen LogP contribution in [0.25, 0.3) is 0 Å². The Kier molecular flexibility index (Phi) is 11.1. The number of carbonyl (C=O) groups excluding carboxylic acids is 2. The lowest BCUT2D eigenvalue weighted by atomic mass is 10.0. The predicted molar refractivity (Wildman–Crippen MR) is 154 cm³/mol. The van der Waals surface area contributed by atoms with E-state index in [0.29, 0.717) is 31.2 Å². The first kappa shape index (κ1) is 28.0. The minimum Gasteiger partial charge on any atom is -0.354 e. The van der Waals surface area contributed by atoms with Crippen molar-refractivity contribution in [2.75, 3.05) is 12.3 Å². The van der Waals surface area contributed by atoms with Crippen molar-refractivity contribution in [2.24, 2.45) is 5.92 Å². The Morgan fingerprint density at radius 2 is 1.53 bits per heavy atom. The number of nitrogens with one attached hydrogen (secondary N) is 1. The molecule has 190 valence electrons. The molecular formula is C30H35BrN2O2S. The maximum Gasteiger partial charge on any atom is 0.243 e. The van der Waals surface area contributed by atoms with E-state index in [9.17, 15) is 9.59 Å². The number of aryl methyl sites for hydroxylation is 1. The minimum atomic E-state index is -0.595. The van der Waals surface area contributed by atoms with E-state index >= 15 is 0 Å². The fourth-order valence-electron chi connectivity index (χ4n) is 3.79. The van der Waals surface area contributed by atoms with Crippen LogP contribution in [0.3, 0.4) is 0 Å². The van der Waals surface area contributed by atoms with Crippen molar-refractivity contribution < 1.29 is 9.59 Å². The largest absolute Gasteiger partial charge is 0.354 e. The van der Waals surface area contributed by atoms with E-state index in [4.69, 9.17) is 0 Å². The molecule has 0 saturated heterocycles. The monoisotopic (exact) mass is 566 g/mol. The van der Waals surface area contributed by atoms with Crippen molar-refractivity contribution in [1.29, 1.82) is 0 Å². The highest BCUT2D eigenvalue weighted by Gasteiger charge is 2.30. The number of thioether (sulfide) groups is 1. The fourth-order valence-corrected chi connectivity index (χ4v) is 4.92. The van der Waals surface area contributed by atoms with Gasteiger partial charge in [0.25, 0.3) is 0 Å². The van der Waals surface area contributed by atoms with Crippen LogP contribution in [-0.2, 0) is 28.3 Å². The Hall–Kier alpha value is -2.57. The molecule has 0 aliphatic rings. The van der Waals surface area contributed by atoms with Crippen LogP contribution < -0.4 is 5.32 Å². The Balaban J connectivity index is 1.82. The van der Waals surface area contributed by atoms with Crippen LogP contribution in [0, 0.1) is 12.8 Å². The normalized spacial score (nSPS) is 11.8. The van der Waals surface area contributed by atoms with Crippen LogP contribution in [0.4, 0.5) is 0 Å². The van der Waals surface area contributed by atoms with Gasteiger partial charge in [-0.2, -0.15) is 0 Å². The van der Waals surface area contributed by atoms with E-state index in [0.717, 1.165) is 21.4 Å². The van der Waals surface area contributed by atoms with Crippen molar-refractivity contribution in [2.45, 2.75) is 45.5 Å². The highest BCUT2D eigenvalue weighted by atomic mass is 79.9. The lowest BCUT2D eigenvalue weighted by molar-refractivity contribution is -0.139. The number of benzene rings is 3. The quantitative estimate of drug-likeness (QED) is 0.276. The SMILES string of the molecule is Cc1ccc(CSCC(=O)N(Cc2ccc(Br)cc2)C(Cc2ccccc2)C(=O)NCC(C)C)cc1. The summed E-state index contributed by atoms with van der Waals surface area (Å²) in [5, 5.41) is 3.07. The summed E-state index contributed by atoms with van der Waals surface area (Å²) in [6.07, 6.45) is 0.468. The molecule has 3 aromatic carbocycles. The van der Waals surface area contributed by atoms with Gasteiger partial charge < -0.3 is 10.2 Å². The average molecular weight is 568 g/mol. The summed E-state index contributed by atoms with van der Waals surface area (Å²) < 4.78 is 0.980. The molecule has 0 spiro atoms. The smallest absolute Gasteiger partial charge is 0.243 e. The summed E-state index contributed by atoms with van der Waals surface area (Å²) in [6.45, 7) is 7.16. The topological polar surface area (TPSA) is 49.4 Å². The van der Waals surface area contributed by atoms with E-state index in [1.54, 1.807) is 16.7 Å². The summed E-state index contributed by atoms with van der Waals surface area (Å²) in [5.74, 6) is 1.25. The molecule has 0 saturated carbocycles. The molecule has 0 aromatic heterocycles. The van der Waals surface area contributed by atoms with Crippen LogP contribution in [-0.4, -0.2) is 35.1 Å². The van der Waals surface area contributed by atoms with E-state index in [-0.39, 0.29) is 11.8 Å². The molecule has 1 unspecified atom stereocenters. The molecule has 36 heavy (non-hydrogen) atoms. The summed E-state index contributed by atoms with van der Waals surface area (Å²) in [4.78, 5) is 28.9. The molecule has 0 heterocycles. The first-order valence-electron chi connectivity index (χ1n) is 12.3. The van der Waals surface area contributed by atoms with Gasteiger partial charge in [-0.15, -0.1) is 11.8 Å². The van der Waals surface area contributed by atoms with Crippen molar-refractivity contribution >= 4 is 39.5 Å². The highest BCUT2D eigenvalue weighted by molar-refractivity contribution is 9.10. The zero-order chi connectivity index (χ0) is 25.9. The van der Waals surface area contributed by atoms with Gasteiger partial charge in [-0.3, -0.25) is 9.59 Å². The Morgan fingerprint density at radius 3 is 2.17 bits per heavy atom. The third-order valence-corrected chi connectivity index (χ3v) is 7.35. The number of halogens is 1. The van der Waals surface area contributed by atoms with Gasteiger partial charge in [0.2, 0.25) is 11.8 Å². The molecule has 0 fully saturated rings. The molecule has 3 rings (SSSR count). The summed E-state index contributed by atoms with van der Waals surface area (Å²) >= 11 is 5.07. The number of nitrogens with zero attached hydrogens (tertiary/aromatic N) is 1. The zero-order valence-corrected chi connectivity index (χ0v) is 23.6. The van der Waals surface area contributed by atoms with Gasteiger partial charge in [0.05, 0.1) is 5.75 Å². The van der Waals surface area contributed by atoms with E-state index in [1.807, 2.05) is 54.6 Å². The molecular weight excluding hydrogens is 532 g/mol. The van der Waals surface area contributed by atoms with E-state index in [2.05, 4.69) is 66.3 Å². The zero-order valence-electron chi connectivity index (χ0n) is 21.2. The maximum atomic E-state index is 13.6. The second kappa shape index (κ2) is 14.2. The number of hydrogen-bond donors (Lipinski definition) is 1.